The van der Waals surface area contributed by atoms with Crippen LogP contribution in [0.1, 0.15) is 27.2 Å². The normalized spacial score (nSPS) is 38.5. The minimum atomic E-state index is -0.684. The molecule has 3 saturated heterocycles. The number of carbonyl (C=O) groups is 3. The first-order chi connectivity index (χ1) is 12.1. The zero-order valence-corrected chi connectivity index (χ0v) is 17.8. The first-order valence-corrected chi connectivity index (χ1v) is 10.6. The summed E-state index contributed by atoms with van der Waals surface area (Å²) in [5.74, 6) is -1.58. The monoisotopic (exact) mass is 447 g/mol. The van der Waals surface area contributed by atoms with Crippen LogP contribution < -0.4 is 10.6 Å². The minimum Gasteiger partial charge on any atom is -0.395 e. The van der Waals surface area contributed by atoms with Crippen molar-refractivity contribution in [1.29, 1.82) is 0 Å². The number of β-amino-alcohol motifs (C(OH)–C–C–N with tert-alkyl or cyclic N) is 1. The summed E-state index contributed by atoms with van der Waals surface area (Å²) in [4.78, 5) is 40.4. The molecule has 3 heterocycles. The third kappa shape index (κ3) is 2.86. The van der Waals surface area contributed by atoms with Crippen molar-refractivity contribution in [1.82, 2.24) is 15.5 Å². The Bertz CT molecular complexity index is 640. The van der Waals surface area contributed by atoms with Gasteiger partial charge in [-0.15, -0.1) is 11.8 Å². The van der Waals surface area contributed by atoms with Crippen LogP contribution in [0, 0.1) is 11.8 Å². The molecule has 3 aliphatic heterocycles. The molecule has 1 spiro atoms. The molecule has 0 aromatic carbocycles. The molecule has 0 radical (unpaired) electrons. The molecule has 3 fully saturated rings. The van der Waals surface area contributed by atoms with Crippen LogP contribution in [0.2, 0.25) is 0 Å². The summed E-state index contributed by atoms with van der Waals surface area (Å²) in [6.45, 7) is 5.56. The predicted octanol–water partition coefficient (Wildman–Crippen LogP) is 0.104. The highest BCUT2D eigenvalue weighted by molar-refractivity contribution is 9.09. The van der Waals surface area contributed by atoms with E-state index in [9.17, 15) is 19.5 Å². The molecule has 3 rings (SSSR count). The smallest absolute Gasteiger partial charge is 0.244 e. The molecule has 26 heavy (non-hydrogen) atoms. The largest absolute Gasteiger partial charge is 0.395 e. The fourth-order valence-corrected chi connectivity index (χ4v) is 8.30. The Labute approximate surface area is 166 Å². The van der Waals surface area contributed by atoms with Gasteiger partial charge in [0.15, 0.2) is 0 Å². The van der Waals surface area contributed by atoms with Gasteiger partial charge in [0.25, 0.3) is 0 Å². The number of amides is 3. The number of carbonyl (C=O) groups excluding carboxylic acids is 3. The second-order valence-electron chi connectivity index (χ2n) is 8.27. The number of nitrogens with one attached hydrogen (secondary N) is 2. The van der Waals surface area contributed by atoms with Crippen LogP contribution in [0.4, 0.5) is 0 Å². The van der Waals surface area contributed by atoms with Gasteiger partial charge in [-0.1, -0.05) is 15.9 Å². The predicted molar refractivity (Wildman–Crippen MR) is 103 cm³/mol. The fraction of sp³-hybridized carbons (Fsp3) is 0.824. The SMILES string of the molecule is CNC(=O)[C@H]1[C@H]2C(=O)N(CCO)C(C(=O)NC(C)(C)C)C23CC(Br)[C@@H]1S3. The number of thioether (sulfide) groups is 1. The molecule has 3 N–H and O–H groups in total. The number of aliphatic hydroxyl groups excluding tert-OH is 1. The van der Waals surface area contributed by atoms with Crippen molar-refractivity contribution in [2.45, 2.75) is 53.6 Å². The van der Waals surface area contributed by atoms with E-state index in [1.807, 2.05) is 20.8 Å². The lowest BCUT2D eigenvalue weighted by Gasteiger charge is -2.36. The summed E-state index contributed by atoms with van der Waals surface area (Å²) in [6.07, 6.45) is 0.649. The lowest BCUT2D eigenvalue weighted by atomic mass is 9.70. The molecule has 6 atom stereocenters. The van der Waals surface area contributed by atoms with Gasteiger partial charge in [0.05, 0.1) is 23.2 Å². The zero-order valence-electron chi connectivity index (χ0n) is 15.4. The maximum atomic E-state index is 13.2. The van der Waals surface area contributed by atoms with Crippen LogP contribution in [0.3, 0.4) is 0 Å². The Kier molecular flexibility index (Phi) is 5.12. The molecule has 0 aromatic heterocycles. The van der Waals surface area contributed by atoms with Gasteiger partial charge in [-0.3, -0.25) is 14.4 Å². The lowest BCUT2D eigenvalue weighted by molar-refractivity contribution is -0.140. The number of rotatable bonds is 4. The second kappa shape index (κ2) is 6.67. The average molecular weight is 448 g/mol. The van der Waals surface area contributed by atoms with Crippen molar-refractivity contribution in [3.63, 3.8) is 0 Å². The zero-order chi connectivity index (χ0) is 19.4. The van der Waals surface area contributed by atoms with Crippen LogP contribution in [0.25, 0.3) is 0 Å². The van der Waals surface area contributed by atoms with Crippen LogP contribution in [0.15, 0.2) is 0 Å². The van der Waals surface area contributed by atoms with Crippen LogP contribution in [-0.4, -0.2) is 74.3 Å². The van der Waals surface area contributed by atoms with Crippen molar-refractivity contribution >= 4 is 45.4 Å². The molecule has 3 unspecified atom stereocenters. The fourth-order valence-electron chi connectivity index (χ4n) is 4.68. The molecule has 3 amide bonds. The minimum absolute atomic E-state index is 0.0369. The molecular weight excluding hydrogens is 422 g/mol. The number of fused-ring (bicyclic) bond motifs is 1. The van der Waals surface area contributed by atoms with Crippen LogP contribution in [-0.2, 0) is 14.4 Å². The van der Waals surface area contributed by atoms with Crippen LogP contribution in [0.5, 0.6) is 0 Å². The van der Waals surface area contributed by atoms with E-state index < -0.39 is 28.2 Å². The van der Waals surface area contributed by atoms with Gasteiger partial charge in [0, 0.05) is 29.2 Å². The summed E-state index contributed by atoms with van der Waals surface area (Å²) in [5.41, 5.74) is -0.435. The molecule has 0 aliphatic carbocycles. The van der Waals surface area contributed by atoms with E-state index in [4.69, 9.17) is 0 Å². The third-order valence-corrected chi connectivity index (χ3v) is 8.65. The van der Waals surface area contributed by atoms with E-state index in [2.05, 4.69) is 26.6 Å². The summed E-state index contributed by atoms with van der Waals surface area (Å²) in [7, 11) is 1.57. The molecule has 2 bridgehead atoms. The van der Waals surface area contributed by atoms with Gasteiger partial charge in [-0.2, -0.15) is 0 Å². The van der Waals surface area contributed by atoms with Crippen molar-refractivity contribution in [2.24, 2.45) is 11.8 Å². The molecule has 0 saturated carbocycles. The Morgan fingerprint density at radius 3 is 2.58 bits per heavy atom. The average Bonchev–Trinajstić information content (AvgIpc) is 3.10. The number of aliphatic hydroxyl groups is 1. The highest BCUT2D eigenvalue weighted by atomic mass is 79.9. The molecule has 9 heteroatoms. The van der Waals surface area contributed by atoms with Gasteiger partial charge in [-0.25, -0.2) is 0 Å². The third-order valence-electron chi connectivity index (χ3n) is 5.43. The van der Waals surface area contributed by atoms with Crippen LogP contribution >= 0.6 is 27.7 Å². The molecule has 0 aromatic rings. The number of hydrogen-bond acceptors (Lipinski definition) is 5. The first kappa shape index (κ1) is 19.9. The summed E-state index contributed by atoms with van der Waals surface area (Å²) < 4.78 is -0.641. The lowest BCUT2D eigenvalue weighted by Crippen LogP contribution is -2.57. The summed E-state index contributed by atoms with van der Waals surface area (Å²) in [6, 6.07) is -0.684. The Hall–Kier alpha value is -0.800. The van der Waals surface area contributed by atoms with E-state index in [0.717, 1.165) is 0 Å². The van der Waals surface area contributed by atoms with Gasteiger partial charge in [-0.05, 0) is 27.2 Å². The molecule has 146 valence electrons. The summed E-state index contributed by atoms with van der Waals surface area (Å²) in [5, 5.41) is 15.1. The Morgan fingerprint density at radius 1 is 1.38 bits per heavy atom. The number of nitrogens with zero attached hydrogens (tertiary/aromatic N) is 1. The Balaban J connectivity index is 2.04. The quantitative estimate of drug-likeness (QED) is 0.531. The number of alkyl halides is 1. The van der Waals surface area contributed by atoms with Gasteiger partial charge in [0.1, 0.15) is 6.04 Å². The van der Waals surface area contributed by atoms with Crippen molar-refractivity contribution in [3.8, 4) is 0 Å². The number of halogens is 1. The van der Waals surface area contributed by atoms with E-state index in [1.54, 1.807) is 18.8 Å². The van der Waals surface area contributed by atoms with E-state index in [0.29, 0.717) is 6.42 Å². The second-order valence-corrected chi connectivity index (χ2v) is 11.0. The van der Waals surface area contributed by atoms with Crippen molar-refractivity contribution in [2.75, 3.05) is 20.2 Å². The number of likely N-dealkylation sites (tertiary alicyclic amines) is 1. The Morgan fingerprint density at radius 2 is 2.04 bits per heavy atom. The first-order valence-electron chi connectivity index (χ1n) is 8.84. The van der Waals surface area contributed by atoms with Gasteiger partial charge in [0.2, 0.25) is 17.7 Å². The van der Waals surface area contributed by atoms with E-state index in [1.165, 1.54) is 4.90 Å². The molecule has 3 aliphatic rings. The maximum Gasteiger partial charge on any atom is 0.244 e. The van der Waals surface area contributed by atoms with Gasteiger partial charge >= 0.3 is 0 Å². The number of hydrogen-bond donors (Lipinski definition) is 3. The van der Waals surface area contributed by atoms with Crippen molar-refractivity contribution < 1.29 is 19.5 Å². The van der Waals surface area contributed by atoms with Crippen molar-refractivity contribution in [3.05, 3.63) is 0 Å². The standard InChI is InChI=1S/C17H26BrN3O4S/c1-16(2,3)20-14(24)12-17-7-8(18)11(26-17)9(13(23)19-4)10(17)15(25)21(12)5-6-22/h8-12,22H,5-7H2,1-4H3,(H,19,23)(H,20,24)/t8?,9-,10-,11-,12?,17?/m0/s1. The molecular formula is C17H26BrN3O4S. The molecule has 7 nitrogen and oxygen atoms in total. The maximum absolute atomic E-state index is 13.2. The van der Waals surface area contributed by atoms with E-state index >= 15 is 0 Å². The summed E-state index contributed by atoms with van der Waals surface area (Å²) >= 11 is 5.26. The topological polar surface area (TPSA) is 98.7 Å². The highest BCUT2D eigenvalue weighted by Crippen LogP contribution is 2.67. The van der Waals surface area contributed by atoms with Gasteiger partial charge < -0.3 is 20.6 Å². The van der Waals surface area contributed by atoms with E-state index in [-0.39, 0.29) is 41.0 Å². The highest BCUT2D eigenvalue weighted by Gasteiger charge is 2.75.